The molecule has 1 N–H and O–H groups in total. The zero-order chi connectivity index (χ0) is 22.6. The first-order chi connectivity index (χ1) is 15.5. The number of halogens is 2. The van der Waals surface area contributed by atoms with Crippen molar-refractivity contribution in [2.45, 2.75) is 43.6 Å². The molecule has 1 heterocycles. The third-order valence-electron chi connectivity index (χ3n) is 6.87. The summed E-state index contributed by atoms with van der Waals surface area (Å²) in [5.41, 5.74) is 1.85. The molecule has 0 atom stereocenters. The Morgan fingerprint density at radius 1 is 0.909 bits per heavy atom. The molecule has 3 aromatic rings. The van der Waals surface area contributed by atoms with Gasteiger partial charge in [0.25, 0.3) is 0 Å². The number of piperidine rings is 1. The Morgan fingerprint density at radius 2 is 1.39 bits per heavy atom. The summed E-state index contributed by atoms with van der Waals surface area (Å²) in [6.45, 7) is 3.66. The maximum atomic E-state index is 12.7. The lowest BCUT2D eigenvalue weighted by molar-refractivity contribution is -0.0313. The summed E-state index contributed by atoms with van der Waals surface area (Å²) in [7, 11) is 0. The van der Waals surface area contributed by atoms with Crippen molar-refractivity contribution in [3.63, 3.8) is 0 Å². The largest absolute Gasteiger partial charge is 0.379 e. The minimum absolute atomic E-state index is 0. The van der Waals surface area contributed by atoms with Gasteiger partial charge in [-0.3, -0.25) is 4.79 Å². The average molecular weight is 529 g/mol. The van der Waals surface area contributed by atoms with E-state index in [0.717, 1.165) is 54.6 Å². The van der Waals surface area contributed by atoms with E-state index in [1.807, 2.05) is 79.7 Å². The van der Waals surface area contributed by atoms with Crippen molar-refractivity contribution in [2.75, 3.05) is 13.1 Å². The van der Waals surface area contributed by atoms with Crippen LogP contribution in [0.2, 0.25) is 0 Å². The van der Waals surface area contributed by atoms with Gasteiger partial charge in [0.05, 0.1) is 0 Å². The van der Waals surface area contributed by atoms with E-state index in [4.69, 9.17) is 0 Å². The number of aliphatic hydroxyl groups is 1. The molecule has 0 unspecified atom stereocenters. The van der Waals surface area contributed by atoms with Crippen molar-refractivity contribution in [1.29, 1.82) is 0 Å². The molecule has 0 spiro atoms. The number of carbonyl (C=O) groups excluding carboxylic acids is 1. The molecular formula is C28H31BrClNO2. The molecule has 1 saturated heterocycles. The Balaban J connectivity index is 0.00000306. The lowest BCUT2D eigenvalue weighted by atomic mass is 9.57. The monoisotopic (exact) mass is 527 g/mol. The van der Waals surface area contributed by atoms with Crippen molar-refractivity contribution < 1.29 is 9.90 Å². The van der Waals surface area contributed by atoms with Crippen molar-refractivity contribution in [3.05, 3.63) is 107 Å². The molecule has 1 aliphatic rings. The third-order valence-corrected chi connectivity index (χ3v) is 7.58. The quantitative estimate of drug-likeness (QED) is 0.275. The van der Waals surface area contributed by atoms with E-state index in [0.29, 0.717) is 6.42 Å². The third kappa shape index (κ3) is 4.81. The van der Waals surface area contributed by atoms with Gasteiger partial charge in [-0.1, -0.05) is 91.9 Å². The first-order valence-corrected chi connectivity index (χ1v) is 12.1. The van der Waals surface area contributed by atoms with Crippen LogP contribution >= 0.6 is 28.6 Å². The Labute approximate surface area is 211 Å². The van der Waals surface area contributed by atoms with Crippen LogP contribution in [0.3, 0.4) is 0 Å². The summed E-state index contributed by atoms with van der Waals surface area (Å²) >= 11 is 3.65. The van der Waals surface area contributed by atoms with E-state index in [9.17, 15) is 9.90 Å². The molecule has 0 amide bonds. The predicted molar refractivity (Wildman–Crippen MR) is 140 cm³/mol. The fourth-order valence-electron chi connectivity index (χ4n) is 5.15. The van der Waals surface area contributed by atoms with Gasteiger partial charge in [-0.15, -0.1) is 12.4 Å². The standard InChI is InChI=1S/C28H30BrNO2.ClH/c1-2-9-26(31)22-14-16-23(17-15-22)27(18-20-30(29)21-19-27)28(32,24-10-5-3-6-11-24)25-12-7-4-8-13-25;/h3-8,10-17,32H,2,9,18-21H2,1H3;1H. The Kier molecular flexibility index (Phi) is 8.52. The zero-order valence-electron chi connectivity index (χ0n) is 18.9. The molecule has 33 heavy (non-hydrogen) atoms. The summed E-state index contributed by atoms with van der Waals surface area (Å²) in [6, 6.07) is 28.0. The van der Waals surface area contributed by atoms with E-state index < -0.39 is 11.0 Å². The number of benzene rings is 3. The molecule has 5 heteroatoms. The number of carbonyl (C=O) groups is 1. The van der Waals surface area contributed by atoms with E-state index in [-0.39, 0.29) is 18.2 Å². The number of rotatable bonds is 7. The number of ketones is 1. The maximum absolute atomic E-state index is 12.7. The number of hydrogen-bond acceptors (Lipinski definition) is 3. The lowest BCUT2D eigenvalue weighted by Gasteiger charge is -2.52. The summed E-state index contributed by atoms with van der Waals surface area (Å²) in [6.07, 6.45) is 2.95. The van der Waals surface area contributed by atoms with Crippen molar-refractivity contribution in [2.24, 2.45) is 0 Å². The molecule has 0 aromatic heterocycles. The van der Waals surface area contributed by atoms with Crippen molar-refractivity contribution >= 4 is 34.3 Å². The van der Waals surface area contributed by atoms with Crippen LogP contribution in [-0.4, -0.2) is 27.9 Å². The first kappa shape index (κ1) is 25.6. The highest BCUT2D eigenvalue weighted by Crippen LogP contribution is 2.53. The van der Waals surface area contributed by atoms with Gasteiger partial charge in [0.15, 0.2) is 5.78 Å². The van der Waals surface area contributed by atoms with Crippen molar-refractivity contribution in [1.82, 2.24) is 3.93 Å². The van der Waals surface area contributed by atoms with Gasteiger partial charge in [0, 0.05) is 46.6 Å². The van der Waals surface area contributed by atoms with Crippen LogP contribution in [0, 0.1) is 0 Å². The molecule has 0 saturated carbocycles. The maximum Gasteiger partial charge on any atom is 0.162 e. The predicted octanol–water partition coefficient (Wildman–Crippen LogP) is 6.67. The Bertz CT molecular complexity index is 993. The fraction of sp³-hybridized carbons (Fsp3) is 0.321. The highest BCUT2D eigenvalue weighted by Gasteiger charge is 2.54. The van der Waals surface area contributed by atoms with Gasteiger partial charge in [-0.05, 0) is 36.0 Å². The Morgan fingerprint density at radius 3 is 1.85 bits per heavy atom. The minimum atomic E-state index is -1.21. The van der Waals surface area contributed by atoms with E-state index in [2.05, 4.69) is 32.2 Å². The van der Waals surface area contributed by atoms with Crippen LogP contribution in [0.4, 0.5) is 0 Å². The highest BCUT2D eigenvalue weighted by molar-refractivity contribution is 9.07. The van der Waals surface area contributed by atoms with Crippen LogP contribution in [0.15, 0.2) is 84.9 Å². The molecular weight excluding hydrogens is 498 g/mol. The molecule has 3 nitrogen and oxygen atoms in total. The smallest absolute Gasteiger partial charge is 0.162 e. The average Bonchev–Trinajstić information content (AvgIpc) is 2.85. The number of hydrogen-bond donors (Lipinski definition) is 1. The molecule has 4 rings (SSSR count). The van der Waals surface area contributed by atoms with Gasteiger partial charge in [0.1, 0.15) is 5.60 Å². The second kappa shape index (κ2) is 11.0. The number of Topliss-reactive ketones (excluding diaryl/α,β-unsaturated/α-hetero) is 1. The van der Waals surface area contributed by atoms with E-state index in [1.54, 1.807) is 0 Å². The second-order valence-electron chi connectivity index (χ2n) is 8.68. The second-order valence-corrected chi connectivity index (χ2v) is 9.69. The first-order valence-electron chi connectivity index (χ1n) is 11.4. The summed E-state index contributed by atoms with van der Waals surface area (Å²) in [5.74, 6) is 0.171. The normalized spacial score (nSPS) is 16.1. The minimum Gasteiger partial charge on any atom is -0.379 e. The van der Waals surface area contributed by atoms with Crippen LogP contribution in [-0.2, 0) is 11.0 Å². The molecule has 0 aliphatic carbocycles. The molecule has 0 bridgehead atoms. The molecule has 174 valence electrons. The molecule has 0 radical (unpaired) electrons. The molecule has 3 aromatic carbocycles. The SMILES string of the molecule is CCCC(=O)c1ccc(C2(C(O)(c3ccccc3)c3ccccc3)CCN(Br)CC2)cc1.Cl. The van der Waals surface area contributed by atoms with Crippen molar-refractivity contribution in [3.8, 4) is 0 Å². The van der Waals surface area contributed by atoms with Gasteiger partial charge in [-0.2, -0.15) is 0 Å². The summed E-state index contributed by atoms with van der Waals surface area (Å²) < 4.78 is 2.14. The molecule has 1 aliphatic heterocycles. The number of nitrogens with zero attached hydrogens (tertiary/aromatic N) is 1. The zero-order valence-corrected chi connectivity index (χ0v) is 21.3. The van der Waals surface area contributed by atoms with Gasteiger partial charge in [-0.25, -0.2) is 3.93 Å². The van der Waals surface area contributed by atoms with E-state index in [1.165, 1.54) is 0 Å². The summed E-state index contributed by atoms with van der Waals surface area (Å²) in [5, 5.41) is 12.7. The highest BCUT2D eigenvalue weighted by atomic mass is 79.9. The Hall–Kier alpha value is -1.98. The topological polar surface area (TPSA) is 40.5 Å². The van der Waals surface area contributed by atoms with Crippen LogP contribution in [0.5, 0.6) is 0 Å². The fourth-order valence-corrected chi connectivity index (χ4v) is 5.50. The van der Waals surface area contributed by atoms with Crippen LogP contribution < -0.4 is 0 Å². The van der Waals surface area contributed by atoms with Gasteiger partial charge < -0.3 is 5.11 Å². The van der Waals surface area contributed by atoms with Gasteiger partial charge in [0.2, 0.25) is 0 Å². The van der Waals surface area contributed by atoms with Gasteiger partial charge >= 0.3 is 0 Å². The van der Waals surface area contributed by atoms with E-state index >= 15 is 0 Å². The lowest BCUT2D eigenvalue weighted by Crippen LogP contribution is -2.54. The molecule has 1 fully saturated rings. The van der Waals surface area contributed by atoms with Crippen LogP contribution in [0.25, 0.3) is 0 Å². The van der Waals surface area contributed by atoms with Crippen LogP contribution in [0.1, 0.15) is 59.7 Å². The summed E-state index contributed by atoms with van der Waals surface area (Å²) in [4.78, 5) is 12.4.